The average Bonchev–Trinajstić information content (AvgIpc) is 3.99. The number of fused-ring (bicyclic) bond motifs is 18. The minimum Gasteiger partial charge on any atom is -0.456 e. The van der Waals surface area contributed by atoms with E-state index in [4.69, 9.17) is 23.8 Å². The molecule has 2 aliphatic carbocycles. The number of aromatic nitrogens is 3. The largest absolute Gasteiger partial charge is 0.456 e. The molecule has 3 heterocycles. The molecule has 0 bridgehead atoms. The molecular formula is C58H33N3O2. The van der Waals surface area contributed by atoms with Crippen molar-refractivity contribution in [3.63, 3.8) is 0 Å². The minimum atomic E-state index is -0.631. The van der Waals surface area contributed by atoms with Crippen LogP contribution < -0.4 is 0 Å². The van der Waals surface area contributed by atoms with E-state index in [1.54, 1.807) is 0 Å². The van der Waals surface area contributed by atoms with E-state index in [2.05, 4.69) is 140 Å². The number of benzene rings is 9. The van der Waals surface area contributed by atoms with Crippen molar-refractivity contribution in [1.29, 1.82) is 0 Å². The van der Waals surface area contributed by atoms with Crippen LogP contribution in [0, 0.1) is 0 Å². The van der Waals surface area contributed by atoms with Crippen molar-refractivity contribution in [3.8, 4) is 67.5 Å². The molecular weight excluding hydrogens is 771 g/mol. The maximum Gasteiger partial charge on any atom is 0.164 e. The Hall–Kier alpha value is -8.41. The van der Waals surface area contributed by atoms with Crippen LogP contribution in [0.5, 0.6) is 0 Å². The van der Waals surface area contributed by atoms with E-state index < -0.39 is 5.41 Å². The lowest BCUT2D eigenvalue weighted by Gasteiger charge is -2.35. The van der Waals surface area contributed by atoms with Gasteiger partial charge in [0, 0.05) is 38.2 Å². The molecule has 5 nitrogen and oxygen atoms in total. The normalized spacial score (nSPS) is 13.2. The van der Waals surface area contributed by atoms with Crippen molar-refractivity contribution >= 4 is 43.9 Å². The third-order valence-electron chi connectivity index (χ3n) is 13.4. The first-order valence-electron chi connectivity index (χ1n) is 21.3. The zero-order valence-corrected chi connectivity index (χ0v) is 33.7. The van der Waals surface area contributed by atoms with E-state index in [1.165, 1.54) is 55.6 Å². The molecule has 0 aliphatic heterocycles. The van der Waals surface area contributed by atoms with E-state index in [1.807, 2.05) is 60.7 Å². The molecule has 0 saturated carbocycles. The monoisotopic (exact) mass is 803 g/mol. The predicted octanol–water partition coefficient (Wildman–Crippen LogP) is 14.7. The van der Waals surface area contributed by atoms with Gasteiger partial charge in [0.2, 0.25) is 0 Å². The van der Waals surface area contributed by atoms with Crippen molar-refractivity contribution < 1.29 is 8.83 Å². The van der Waals surface area contributed by atoms with Crippen molar-refractivity contribution in [3.05, 3.63) is 222 Å². The molecule has 3 aromatic heterocycles. The Balaban J connectivity index is 1.06. The van der Waals surface area contributed by atoms with Gasteiger partial charge in [-0.15, -0.1) is 0 Å². The van der Waals surface area contributed by atoms with Crippen molar-refractivity contribution in [2.45, 2.75) is 5.41 Å². The number of rotatable bonds is 3. The number of hydrogen-bond acceptors (Lipinski definition) is 5. The quantitative estimate of drug-likeness (QED) is 0.178. The van der Waals surface area contributed by atoms with Crippen LogP contribution in [0.15, 0.2) is 209 Å². The lowest BCUT2D eigenvalue weighted by atomic mass is 9.65. The van der Waals surface area contributed by atoms with Gasteiger partial charge in [-0.25, -0.2) is 15.0 Å². The number of furan rings is 2. The van der Waals surface area contributed by atoms with Crippen LogP contribution in [-0.2, 0) is 5.41 Å². The highest BCUT2D eigenvalue weighted by Gasteiger charge is 2.49. The SMILES string of the molecule is c1ccc2c(c1)-c1ccccc1C1(c3cc(-c4nc(-c5ccc6oc7ccccc7c6c5)nc(-c5ccc6oc7ccccc7c6c5)n4)ccc3-2)c2ccccc2-c2ccccc21. The fourth-order valence-electron chi connectivity index (χ4n) is 10.7. The van der Waals surface area contributed by atoms with E-state index in [9.17, 15) is 0 Å². The van der Waals surface area contributed by atoms with Crippen LogP contribution in [0.2, 0.25) is 0 Å². The Morgan fingerprint density at radius 3 is 1.11 bits per heavy atom. The molecule has 2 aliphatic rings. The molecule has 0 unspecified atom stereocenters. The summed E-state index contributed by atoms with van der Waals surface area (Å²) in [6, 6.07) is 71.2. The van der Waals surface area contributed by atoms with Crippen LogP contribution in [0.3, 0.4) is 0 Å². The van der Waals surface area contributed by atoms with Gasteiger partial charge in [0.1, 0.15) is 22.3 Å². The van der Waals surface area contributed by atoms with Gasteiger partial charge < -0.3 is 8.83 Å². The van der Waals surface area contributed by atoms with Crippen LogP contribution in [0.1, 0.15) is 22.3 Å². The molecule has 0 amide bonds. The van der Waals surface area contributed by atoms with Gasteiger partial charge >= 0.3 is 0 Å². The Labute approximate surface area is 361 Å². The zero-order chi connectivity index (χ0) is 41.2. The first-order chi connectivity index (χ1) is 31.2. The molecule has 63 heavy (non-hydrogen) atoms. The van der Waals surface area contributed by atoms with E-state index in [-0.39, 0.29) is 0 Å². The lowest BCUT2D eigenvalue weighted by Crippen LogP contribution is -2.29. The molecule has 1 spiro atoms. The number of hydrogen-bond donors (Lipinski definition) is 0. The molecule has 0 radical (unpaired) electrons. The number of para-hydroxylation sites is 2. The van der Waals surface area contributed by atoms with Crippen molar-refractivity contribution in [2.75, 3.05) is 0 Å². The smallest absolute Gasteiger partial charge is 0.164 e. The van der Waals surface area contributed by atoms with Crippen molar-refractivity contribution in [2.24, 2.45) is 0 Å². The van der Waals surface area contributed by atoms with Crippen LogP contribution in [0.25, 0.3) is 111 Å². The fourth-order valence-corrected chi connectivity index (χ4v) is 10.7. The van der Waals surface area contributed by atoms with Gasteiger partial charge in [0.15, 0.2) is 17.5 Å². The second-order valence-corrected chi connectivity index (χ2v) is 16.6. The molecule has 0 atom stereocenters. The third kappa shape index (κ3) is 4.79. The van der Waals surface area contributed by atoms with Gasteiger partial charge in [-0.3, -0.25) is 0 Å². The second kappa shape index (κ2) is 12.8. The summed E-state index contributed by atoms with van der Waals surface area (Å²) >= 11 is 0. The summed E-state index contributed by atoms with van der Waals surface area (Å²) < 4.78 is 12.5. The first-order valence-corrected chi connectivity index (χ1v) is 21.3. The standard InChI is InChI=1S/C58H33N3O2/c1-2-14-38-37(13-1)39-15-3-8-20-47(39)58(48-21-9-4-16-40(48)41-17-5-10-22-49(41)58)50-33-36(25-28-42(38)50)57-60-55(34-26-29-53-45(31-34)43-18-6-11-23-51(43)62-53)59-56(61-57)35-27-30-54-46(32-35)44-19-7-12-24-52(44)63-54/h1-33H. The summed E-state index contributed by atoms with van der Waals surface area (Å²) in [6.07, 6.45) is 0. The van der Waals surface area contributed by atoms with Crippen LogP contribution >= 0.6 is 0 Å². The Kier molecular flexibility index (Phi) is 6.97. The molecule has 0 N–H and O–H groups in total. The lowest BCUT2D eigenvalue weighted by molar-refractivity contribution is 0.668. The molecule has 9 aromatic carbocycles. The molecule has 5 heteroatoms. The Bertz CT molecular complexity index is 3720. The summed E-state index contributed by atoms with van der Waals surface area (Å²) in [5.41, 5.74) is 17.7. The van der Waals surface area contributed by atoms with Crippen LogP contribution in [0.4, 0.5) is 0 Å². The first kappa shape index (κ1) is 34.3. The van der Waals surface area contributed by atoms with E-state index in [0.29, 0.717) is 17.5 Å². The minimum absolute atomic E-state index is 0.580. The topological polar surface area (TPSA) is 65.0 Å². The Morgan fingerprint density at radius 1 is 0.270 bits per heavy atom. The molecule has 292 valence electrons. The average molecular weight is 804 g/mol. The van der Waals surface area contributed by atoms with Gasteiger partial charge in [-0.1, -0.05) is 146 Å². The van der Waals surface area contributed by atoms with E-state index in [0.717, 1.165) is 60.6 Å². The van der Waals surface area contributed by atoms with Gasteiger partial charge in [-0.2, -0.15) is 0 Å². The van der Waals surface area contributed by atoms with E-state index >= 15 is 0 Å². The molecule has 0 fully saturated rings. The third-order valence-corrected chi connectivity index (χ3v) is 13.4. The summed E-state index contributed by atoms with van der Waals surface area (Å²) in [7, 11) is 0. The molecule has 14 rings (SSSR count). The van der Waals surface area contributed by atoms with Gasteiger partial charge in [0.25, 0.3) is 0 Å². The highest BCUT2D eigenvalue weighted by Crippen LogP contribution is 2.61. The Morgan fingerprint density at radius 2 is 0.619 bits per heavy atom. The number of nitrogens with zero attached hydrogens (tertiary/aromatic N) is 3. The summed E-state index contributed by atoms with van der Waals surface area (Å²) in [4.78, 5) is 16.0. The van der Waals surface area contributed by atoms with Gasteiger partial charge in [-0.05, 0) is 110 Å². The highest BCUT2D eigenvalue weighted by atomic mass is 16.3. The maximum absolute atomic E-state index is 6.24. The maximum atomic E-state index is 6.24. The summed E-state index contributed by atoms with van der Waals surface area (Å²) in [5.74, 6) is 1.75. The molecule has 12 aromatic rings. The predicted molar refractivity (Wildman–Crippen MR) is 252 cm³/mol. The zero-order valence-electron chi connectivity index (χ0n) is 33.7. The van der Waals surface area contributed by atoms with Gasteiger partial charge in [0.05, 0.1) is 5.41 Å². The van der Waals surface area contributed by atoms with Crippen molar-refractivity contribution in [1.82, 2.24) is 15.0 Å². The second-order valence-electron chi connectivity index (χ2n) is 16.6. The fraction of sp³-hybridized carbons (Fsp3) is 0.0172. The van der Waals surface area contributed by atoms with Crippen LogP contribution in [-0.4, -0.2) is 15.0 Å². The molecule has 0 saturated heterocycles. The summed E-state index contributed by atoms with van der Waals surface area (Å²) in [5, 5.41) is 4.13. The summed E-state index contributed by atoms with van der Waals surface area (Å²) in [6.45, 7) is 0. The highest BCUT2D eigenvalue weighted by molar-refractivity contribution is 6.07.